The maximum absolute atomic E-state index is 5.82. The Morgan fingerprint density at radius 3 is 1.74 bits per heavy atom. The molecule has 0 saturated carbocycles. The Labute approximate surface area is 138 Å². The molecule has 0 aromatic heterocycles. The number of fused-ring (bicyclic) bond motifs is 2. The van der Waals surface area contributed by atoms with Gasteiger partial charge in [-0.15, -0.1) is 0 Å². The lowest BCUT2D eigenvalue weighted by molar-refractivity contribution is 0.111. The van der Waals surface area contributed by atoms with Crippen molar-refractivity contribution in [2.24, 2.45) is 0 Å². The number of allylic oxidation sites excluding steroid dienone is 2. The van der Waals surface area contributed by atoms with Crippen LogP contribution in [0.15, 0.2) is 60.7 Å². The standard InChI is InChI=1S/C22H22O/c1-23-20(14-18-12-10-16-6-2-4-8-21(16)18)15-19-13-11-17-7-3-5-9-22(17)19/h2-9,12-13,20H,10-11,14-15H2,1H3. The van der Waals surface area contributed by atoms with Crippen LogP contribution in [0.25, 0.3) is 11.1 Å². The van der Waals surface area contributed by atoms with Crippen molar-refractivity contribution in [1.82, 2.24) is 0 Å². The SMILES string of the molecule is COC(CC1=CCc2ccccc21)CC1=CCc2ccccc21. The summed E-state index contributed by atoms with van der Waals surface area (Å²) in [6, 6.07) is 17.5. The van der Waals surface area contributed by atoms with Gasteiger partial charge in [-0.05, 0) is 59.1 Å². The van der Waals surface area contributed by atoms with Crippen molar-refractivity contribution in [3.8, 4) is 0 Å². The highest BCUT2D eigenvalue weighted by Crippen LogP contribution is 2.35. The summed E-state index contributed by atoms with van der Waals surface area (Å²) in [5.74, 6) is 0. The van der Waals surface area contributed by atoms with Crippen LogP contribution in [0, 0.1) is 0 Å². The van der Waals surface area contributed by atoms with Gasteiger partial charge in [-0.2, -0.15) is 0 Å². The van der Waals surface area contributed by atoms with E-state index >= 15 is 0 Å². The van der Waals surface area contributed by atoms with Crippen LogP contribution in [0.2, 0.25) is 0 Å². The van der Waals surface area contributed by atoms with Crippen molar-refractivity contribution in [3.05, 3.63) is 82.9 Å². The van der Waals surface area contributed by atoms with Crippen LogP contribution >= 0.6 is 0 Å². The number of rotatable bonds is 5. The molecule has 0 heterocycles. The molecule has 2 aliphatic rings. The number of hydrogen-bond acceptors (Lipinski definition) is 1. The summed E-state index contributed by atoms with van der Waals surface area (Å²) in [6.45, 7) is 0. The van der Waals surface area contributed by atoms with Crippen LogP contribution in [0.5, 0.6) is 0 Å². The lowest BCUT2D eigenvalue weighted by atomic mass is 9.95. The Bertz CT molecular complexity index is 717. The molecule has 0 spiro atoms. The van der Waals surface area contributed by atoms with E-state index in [2.05, 4.69) is 60.7 Å². The van der Waals surface area contributed by atoms with Crippen molar-refractivity contribution in [2.45, 2.75) is 31.8 Å². The smallest absolute Gasteiger partial charge is 0.0652 e. The fraction of sp³-hybridized carbons (Fsp3) is 0.273. The van der Waals surface area contributed by atoms with Gasteiger partial charge >= 0.3 is 0 Å². The molecule has 0 amide bonds. The van der Waals surface area contributed by atoms with Crippen molar-refractivity contribution >= 4 is 11.1 Å². The molecule has 4 rings (SSSR count). The van der Waals surface area contributed by atoms with Crippen LogP contribution in [0.1, 0.15) is 35.1 Å². The summed E-state index contributed by atoms with van der Waals surface area (Å²) in [4.78, 5) is 0. The maximum atomic E-state index is 5.82. The Morgan fingerprint density at radius 2 is 1.26 bits per heavy atom. The maximum Gasteiger partial charge on any atom is 0.0652 e. The van der Waals surface area contributed by atoms with Gasteiger partial charge in [0, 0.05) is 7.11 Å². The van der Waals surface area contributed by atoms with Crippen LogP contribution in [0.3, 0.4) is 0 Å². The summed E-state index contributed by atoms with van der Waals surface area (Å²) in [5, 5.41) is 0. The fourth-order valence-electron chi connectivity index (χ4n) is 3.83. The molecule has 0 radical (unpaired) electrons. The zero-order valence-electron chi connectivity index (χ0n) is 13.6. The predicted molar refractivity (Wildman–Crippen MR) is 96.3 cm³/mol. The van der Waals surface area contributed by atoms with Crippen LogP contribution in [-0.2, 0) is 17.6 Å². The molecule has 1 heteroatoms. The van der Waals surface area contributed by atoms with E-state index in [-0.39, 0.29) is 6.10 Å². The van der Waals surface area contributed by atoms with E-state index in [0.29, 0.717) is 0 Å². The molecule has 1 nitrogen and oxygen atoms in total. The third-order valence-corrected chi connectivity index (χ3v) is 5.09. The molecule has 2 aromatic rings. The molecule has 0 fully saturated rings. The van der Waals surface area contributed by atoms with Gasteiger partial charge in [0.25, 0.3) is 0 Å². The Balaban J connectivity index is 1.49. The number of ether oxygens (including phenoxy) is 1. The van der Waals surface area contributed by atoms with E-state index in [1.165, 1.54) is 33.4 Å². The van der Waals surface area contributed by atoms with E-state index < -0.39 is 0 Å². The van der Waals surface area contributed by atoms with Gasteiger partial charge in [0.05, 0.1) is 6.10 Å². The Hall–Kier alpha value is -2.12. The van der Waals surface area contributed by atoms with Gasteiger partial charge in [0.15, 0.2) is 0 Å². The molecule has 116 valence electrons. The molecular formula is C22H22O. The van der Waals surface area contributed by atoms with E-state index in [4.69, 9.17) is 4.74 Å². The number of hydrogen-bond donors (Lipinski definition) is 0. The predicted octanol–water partition coefficient (Wildman–Crippen LogP) is 5.06. The Kier molecular flexibility index (Phi) is 3.88. The molecule has 0 bridgehead atoms. The van der Waals surface area contributed by atoms with Gasteiger partial charge in [-0.25, -0.2) is 0 Å². The second-order valence-electron chi connectivity index (χ2n) is 6.45. The summed E-state index contributed by atoms with van der Waals surface area (Å²) in [5.41, 5.74) is 8.61. The quantitative estimate of drug-likeness (QED) is 0.750. The average molecular weight is 302 g/mol. The summed E-state index contributed by atoms with van der Waals surface area (Å²) < 4.78 is 5.82. The van der Waals surface area contributed by atoms with Crippen molar-refractivity contribution in [2.75, 3.05) is 7.11 Å². The highest BCUT2D eigenvalue weighted by molar-refractivity contribution is 5.75. The topological polar surface area (TPSA) is 9.23 Å². The monoisotopic (exact) mass is 302 g/mol. The van der Waals surface area contributed by atoms with Crippen molar-refractivity contribution in [1.29, 1.82) is 0 Å². The molecule has 0 saturated heterocycles. The molecule has 2 aliphatic carbocycles. The number of methoxy groups -OCH3 is 1. The van der Waals surface area contributed by atoms with Gasteiger partial charge in [0.2, 0.25) is 0 Å². The zero-order chi connectivity index (χ0) is 15.6. The van der Waals surface area contributed by atoms with Crippen LogP contribution in [-0.4, -0.2) is 13.2 Å². The van der Waals surface area contributed by atoms with E-state index in [0.717, 1.165) is 25.7 Å². The number of benzene rings is 2. The minimum atomic E-state index is 0.241. The second-order valence-corrected chi connectivity index (χ2v) is 6.45. The molecule has 0 unspecified atom stereocenters. The van der Waals surface area contributed by atoms with Gasteiger partial charge in [-0.3, -0.25) is 0 Å². The first kappa shape index (κ1) is 14.5. The molecule has 0 N–H and O–H groups in total. The van der Waals surface area contributed by atoms with Crippen molar-refractivity contribution in [3.63, 3.8) is 0 Å². The van der Waals surface area contributed by atoms with E-state index in [1.54, 1.807) is 0 Å². The first-order valence-electron chi connectivity index (χ1n) is 8.42. The van der Waals surface area contributed by atoms with Gasteiger partial charge in [-0.1, -0.05) is 60.7 Å². The van der Waals surface area contributed by atoms with Gasteiger partial charge < -0.3 is 4.74 Å². The molecule has 23 heavy (non-hydrogen) atoms. The second kappa shape index (κ2) is 6.17. The van der Waals surface area contributed by atoms with Gasteiger partial charge in [0.1, 0.15) is 0 Å². The molecular weight excluding hydrogens is 280 g/mol. The third-order valence-electron chi connectivity index (χ3n) is 5.09. The van der Waals surface area contributed by atoms with E-state index in [1.807, 2.05) is 7.11 Å². The first-order chi connectivity index (χ1) is 11.3. The van der Waals surface area contributed by atoms with Crippen molar-refractivity contribution < 1.29 is 4.74 Å². The fourth-order valence-corrected chi connectivity index (χ4v) is 3.83. The highest BCUT2D eigenvalue weighted by atomic mass is 16.5. The molecule has 2 aromatic carbocycles. The normalized spacial score (nSPS) is 15.4. The van der Waals surface area contributed by atoms with Crippen LogP contribution in [0.4, 0.5) is 0 Å². The third kappa shape index (κ3) is 2.77. The molecule has 0 aliphatic heterocycles. The first-order valence-corrected chi connectivity index (χ1v) is 8.42. The molecule has 0 atom stereocenters. The van der Waals surface area contributed by atoms with Crippen LogP contribution < -0.4 is 0 Å². The largest absolute Gasteiger partial charge is 0.381 e. The highest BCUT2D eigenvalue weighted by Gasteiger charge is 2.21. The lowest BCUT2D eigenvalue weighted by Gasteiger charge is -2.18. The Morgan fingerprint density at radius 1 is 0.783 bits per heavy atom. The average Bonchev–Trinajstić information content (AvgIpc) is 3.19. The minimum absolute atomic E-state index is 0.241. The summed E-state index contributed by atoms with van der Waals surface area (Å²) >= 11 is 0. The zero-order valence-corrected chi connectivity index (χ0v) is 13.6. The summed E-state index contributed by atoms with van der Waals surface area (Å²) in [7, 11) is 1.84. The minimum Gasteiger partial charge on any atom is -0.381 e. The van der Waals surface area contributed by atoms with E-state index in [9.17, 15) is 0 Å². The lowest BCUT2D eigenvalue weighted by Crippen LogP contribution is -2.11. The summed E-state index contributed by atoms with van der Waals surface area (Å²) in [6.07, 6.45) is 9.09.